The van der Waals surface area contributed by atoms with Crippen LogP contribution in [0.3, 0.4) is 0 Å². The highest BCUT2D eigenvalue weighted by atomic mass is 32.1. The number of carbonyl (C=O) groups excluding carboxylic acids is 1. The zero-order valence-electron chi connectivity index (χ0n) is 14.8. The first-order valence-corrected chi connectivity index (χ1v) is 9.47. The molecule has 136 valence electrons. The number of fused-ring (bicyclic) bond motifs is 2. The summed E-state index contributed by atoms with van der Waals surface area (Å²) in [4.78, 5) is 30.7. The molecule has 0 radical (unpaired) electrons. The molecule has 0 aliphatic carbocycles. The fraction of sp³-hybridized carbons (Fsp3) is 0.200. The lowest BCUT2D eigenvalue weighted by Crippen LogP contribution is -2.27. The van der Waals surface area contributed by atoms with Crippen LogP contribution in [0.4, 0.5) is 0 Å². The van der Waals surface area contributed by atoms with Crippen molar-refractivity contribution in [3.8, 4) is 0 Å². The Bertz CT molecular complexity index is 1150. The third kappa shape index (κ3) is 3.59. The lowest BCUT2D eigenvalue weighted by molar-refractivity contribution is -0.130. The number of para-hydroxylation sites is 2. The molecule has 0 spiro atoms. The van der Waals surface area contributed by atoms with Crippen molar-refractivity contribution in [2.24, 2.45) is 0 Å². The third-order valence-corrected chi connectivity index (χ3v) is 5.46. The molecule has 0 atom stereocenters. The van der Waals surface area contributed by atoms with Crippen molar-refractivity contribution in [1.82, 2.24) is 19.7 Å². The third-order valence-electron chi connectivity index (χ3n) is 4.44. The van der Waals surface area contributed by atoms with Crippen LogP contribution in [0.15, 0.2) is 59.5 Å². The minimum Gasteiger partial charge on any atom is -0.339 e. The van der Waals surface area contributed by atoms with Crippen molar-refractivity contribution in [2.45, 2.75) is 19.5 Å². The van der Waals surface area contributed by atoms with E-state index in [-0.39, 0.29) is 11.3 Å². The average molecular weight is 378 g/mol. The second kappa shape index (κ2) is 7.28. The van der Waals surface area contributed by atoms with Crippen LogP contribution in [0.2, 0.25) is 0 Å². The van der Waals surface area contributed by atoms with E-state index in [9.17, 15) is 9.59 Å². The van der Waals surface area contributed by atoms with Crippen molar-refractivity contribution in [3.05, 3.63) is 70.0 Å². The first kappa shape index (κ1) is 17.4. The van der Waals surface area contributed by atoms with Crippen LogP contribution in [0.25, 0.3) is 21.1 Å². The molecule has 0 aliphatic heterocycles. The minimum absolute atomic E-state index is 0.0128. The number of thiazole rings is 1. The lowest BCUT2D eigenvalue weighted by atomic mass is 10.2. The maximum Gasteiger partial charge on any atom is 0.224 e. The fourth-order valence-corrected chi connectivity index (χ4v) is 4.03. The second-order valence-electron chi connectivity index (χ2n) is 6.32. The Hall–Kier alpha value is -3.06. The number of hydrogen-bond donors (Lipinski definition) is 0. The van der Waals surface area contributed by atoms with Crippen molar-refractivity contribution < 1.29 is 4.79 Å². The average Bonchev–Trinajstić information content (AvgIpc) is 3.09. The number of benzene rings is 2. The van der Waals surface area contributed by atoms with Crippen molar-refractivity contribution >= 4 is 38.4 Å². The summed E-state index contributed by atoms with van der Waals surface area (Å²) in [5, 5.41) is 5.70. The summed E-state index contributed by atoms with van der Waals surface area (Å²) in [5.41, 5.74) is 1.59. The van der Waals surface area contributed by atoms with Gasteiger partial charge in [-0.15, -0.1) is 11.3 Å². The molecule has 2 heterocycles. The summed E-state index contributed by atoms with van der Waals surface area (Å²) >= 11 is 1.60. The monoisotopic (exact) mass is 378 g/mol. The van der Waals surface area contributed by atoms with Crippen molar-refractivity contribution in [3.63, 3.8) is 0 Å². The zero-order chi connectivity index (χ0) is 18.8. The van der Waals surface area contributed by atoms with E-state index in [1.165, 1.54) is 6.20 Å². The summed E-state index contributed by atoms with van der Waals surface area (Å²) in [6.45, 7) is 0.903. The zero-order valence-corrected chi connectivity index (χ0v) is 15.6. The van der Waals surface area contributed by atoms with Gasteiger partial charge in [-0.1, -0.05) is 24.3 Å². The van der Waals surface area contributed by atoms with Gasteiger partial charge < -0.3 is 4.90 Å². The summed E-state index contributed by atoms with van der Waals surface area (Å²) in [6.07, 6.45) is 1.61. The molecule has 6 nitrogen and oxygen atoms in total. The lowest BCUT2D eigenvalue weighted by Gasteiger charge is -2.16. The Labute approximate surface area is 159 Å². The summed E-state index contributed by atoms with van der Waals surface area (Å²) in [7, 11) is 1.78. The van der Waals surface area contributed by atoms with Gasteiger partial charge in [-0.05, 0) is 24.3 Å². The predicted molar refractivity (Wildman–Crippen MR) is 107 cm³/mol. The van der Waals surface area contributed by atoms with E-state index in [0.717, 1.165) is 20.7 Å². The molecular formula is C20H18N4O2S. The highest BCUT2D eigenvalue weighted by molar-refractivity contribution is 7.18. The Morgan fingerprint density at radius 1 is 1.15 bits per heavy atom. The molecule has 0 fully saturated rings. The van der Waals surface area contributed by atoms with Crippen LogP contribution < -0.4 is 5.43 Å². The summed E-state index contributed by atoms with van der Waals surface area (Å²) in [5.74, 6) is 0.0128. The molecule has 0 aliphatic rings. The van der Waals surface area contributed by atoms with Crippen LogP contribution in [-0.2, 0) is 17.9 Å². The molecule has 27 heavy (non-hydrogen) atoms. The molecule has 0 bridgehead atoms. The number of carbonyl (C=O) groups is 1. The van der Waals surface area contributed by atoms with E-state index in [1.807, 2.05) is 42.5 Å². The van der Waals surface area contributed by atoms with Gasteiger partial charge in [0, 0.05) is 18.9 Å². The number of nitrogens with zero attached hydrogens (tertiary/aromatic N) is 4. The molecule has 0 unspecified atom stereocenters. The van der Waals surface area contributed by atoms with Gasteiger partial charge in [-0.3, -0.25) is 14.3 Å². The van der Waals surface area contributed by atoms with Crippen LogP contribution in [0.1, 0.15) is 11.4 Å². The summed E-state index contributed by atoms with van der Waals surface area (Å²) in [6, 6.07) is 15.3. The smallest absolute Gasteiger partial charge is 0.224 e. The molecule has 0 saturated carbocycles. The van der Waals surface area contributed by atoms with Gasteiger partial charge in [0.25, 0.3) is 0 Å². The van der Waals surface area contributed by atoms with E-state index in [0.29, 0.717) is 24.9 Å². The van der Waals surface area contributed by atoms with Gasteiger partial charge >= 0.3 is 0 Å². The molecule has 2 aromatic carbocycles. The molecular weight excluding hydrogens is 360 g/mol. The number of aromatic nitrogens is 3. The maximum absolute atomic E-state index is 12.5. The highest BCUT2D eigenvalue weighted by Crippen LogP contribution is 2.22. The fourth-order valence-electron chi connectivity index (χ4n) is 3.01. The maximum atomic E-state index is 12.5. The molecule has 4 rings (SSSR count). The standard InChI is InChI=1S/C20H18N4O2S/c1-23(13-19-22-15-7-3-5-9-18(15)27-19)20(26)10-11-24-16-8-4-2-6-14(16)17(25)12-21-24/h2-9,12H,10-11,13H2,1H3. The molecule has 1 amide bonds. The largest absolute Gasteiger partial charge is 0.339 e. The van der Waals surface area contributed by atoms with E-state index in [4.69, 9.17) is 0 Å². The first-order valence-electron chi connectivity index (χ1n) is 8.65. The van der Waals surface area contributed by atoms with Gasteiger partial charge in [-0.25, -0.2) is 4.98 Å². The quantitative estimate of drug-likeness (QED) is 0.535. The van der Waals surface area contributed by atoms with Gasteiger partial charge in [0.1, 0.15) is 5.01 Å². The van der Waals surface area contributed by atoms with Crippen molar-refractivity contribution in [2.75, 3.05) is 7.05 Å². The Morgan fingerprint density at radius 2 is 1.93 bits per heavy atom. The molecule has 0 N–H and O–H groups in total. The van der Waals surface area contributed by atoms with Crippen LogP contribution in [-0.4, -0.2) is 32.6 Å². The van der Waals surface area contributed by atoms with E-state index in [1.54, 1.807) is 34.0 Å². The van der Waals surface area contributed by atoms with E-state index in [2.05, 4.69) is 10.1 Å². The van der Waals surface area contributed by atoms with Crippen LogP contribution in [0, 0.1) is 0 Å². The summed E-state index contributed by atoms with van der Waals surface area (Å²) < 4.78 is 2.83. The Morgan fingerprint density at radius 3 is 2.78 bits per heavy atom. The molecule has 4 aromatic rings. The Balaban J connectivity index is 1.45. The van der Waals surface area contributed by atoms with E-state index < -0.39 is 0 Å². The highest BCUT2D eigenvalue weighted by Gasteiger charge is 2.13. The Kier molecular flexibility index (Phi) is 4.68. The topological polar surface area (TPSA) is 68.1 Å². The SMILES string of the molecule is CN(Cc1nc2ccccc2s1)C(=O)CCn1ncc(=O)c2ccccc21. The molecule has 2 aromatic heterocycles. The van der Waals surface area contributed by atoms with Gasteiger partial charge in [0.05, 0.1) is 35.0 Å². The van der Waals surface area contributed by atoms with E-state index >= 15 is 0 Å². The number of rotatable bonds is 5. The first-order chi connectivity index (χ1) is 13.1. The van der Waals surface area contributed by atoms with Gasteiger partial charge in [0.15, 0.2) is 0 Å². The number of aryl methyl sites for hydroxylation is 1. The molecule has 7 heteroatoms. The van der Waals surface area contributed by atoms with Gasteiger partial charge in [-0.2, -0.15) is 5.10 Å². The predicted octanol–water partition coefficient (Wildman–Crippen LogP) is 3.05. The minimum atomic E-state index is -0.110. The van der Waals surface area contributed by atoms with Gasteiger partial charge in [0.2, 0.25) is 11.3 Å². The normalized spacial score (nSPS) is 11.1. The van der Waals surface area contributed by atoms with Crippen molar-refractivity contribution in [1.29, 1.82) is 0 Å². The van der Waals surface area contributed by atoms with Crippen LogP contribution >= 0.6 is 11.3 Å². The second-order valence-corrected chi connectivity index (χ2v) is 7.44. The number of amides is 1. The number of hydrogen-bond acceptors (Lipinski definition) is 5. The van der Waals surface area contributed by atoms with Crippen LogP contribution in [0.5, 0.6) is 0 Å². The molecule has 0 saturated heterocycles.